The topological polar surface area (TPSA) is 43.9 Å². The number of hydrogen-bond acceptors (Lipinski definition) is 3. The Bertz CT molecular complexity index is 2700. The van der Waals surface area contributed by atoms with Crippen molar-refractivity contribution in [2.45, 2.75) is 13.3 Å². The van der Waals surface area contributed by atoms with E-state index in [0.717, 1.165) is 62.4 Å². The zero-order valence-corrected chi connectivity index (χ0v) is 27.0. The molecule has 4 nitrogen and oxygen atoms in total. The molecule has 0 bridgehead atoms. The first-order valence-corrected chi connectivity index (χ1v) is 16.9. The predicted octanol–water partition coefficient (Wildman–Crippen LogP) is 11.5. The zero-order valence-electron chi connectivity index (χ0n) is 27.0. The molecule has 0 saturated heterocycles. The molecule has 0 radical (unpaired) electrons. The van der Waals surface area contributed by atoms with Crippen LogP contribution >= 0.6 is 0 Å². The number of fused-ring (bicyclic) bond motifs is 7. The highest BCUT2D eigenvalue weighted by molar-refractivity contribution is 6.10. The molecular formula is C45H31N3O. The van der Waals surface area contributed by atoms with Crippen LogP contribution in [-0.2, 0) is 6.42 Å². The highest BCUT2D eigenvalue weighted by Gasteiger charge is 2.28. The van der Waals surface area contributed by atoms with Crippen molar-refractivity contribution >= 4 is 55.3 Å². The average Bonchev–Trinajstić information content (AvgIpc) is 3.70. The number of allylic oxidation sites excluding steroid dienone is 1. The van der Waals surface area contributed by atoms with E-state index in [2.05, 4.69) is 151 Å². The second-order valence-electron chi connectivity index (χ2n) is 13.0. The lowest BCUT2D eigenvalue weighted by atomic mass is 9.86. The molecule has 0 aliphatic heterocycles. The summed E-state index contributed by atoms with van der Waals surface area (Å²) in [6.07, 6.45) is 3.04. The van der Waals surface area contributed by atoms with E-state index in [1.54, 1.807) is 0 Å². The second kappa shape index (κ2) is 10.9. The van der Waals surface area contributed by atoms with Gasteiger partial charge in [-0.25, -0.2) is 9.97 Å². The third-order valence-corrected chi connectivity index (χ3v) is 10.1. The summed E-state index contributed by atoms with van der Waals surface area (Å²) in [5.74, 6) is 1.85. The van der Waals surface area contributed by atoms with E-state index in [0.29, 0.717) is 0 Å². The van der Waals surface area contributed by atoms with Gasteiger partial charge in [0.15, 0.2) is 11.4 Å². The Balaban J connectivity index is 1.12. The van der Waals surface area contributed by atoms with Gasteiger partial charge in [0.25, 0.3) is 0 Å². The van der Waals surface area contributed by atoms with Crippen LogP contribution < -0.4 is 0 Å². The van der Waals surface area contributed by atoms with Crippen LogP contribution in [0.2, 0.25) is 0 Å². The Hall–Kier alpha value is -6.26. The summed E-state index contributed by atoms with van der Waals surface area (Å²) in [6, 6.07) is 51.3. The Labute approximate surface area is 283 Å². The second-order valence-corrected chi connectivity index (χ2v) is 13.0. The molecular weight excluding hydrogens is 599 g/mol. The molecule has 3 heterocycles. The summed E-state index contributed by atoms with van der Waals surface area (Å²) in [4.78, 5) is 10.4. The highest BCUT2D eigenvalue weighted by atomic mass is 16.3. The van der Waals surface area contributed by atoms with E-state index in [4.69, 9.17) is 14.4 Å². The minimum absolute atomic E-state index is 0.208. The van der Waals surface area contributed by atoms with Gasteiger partial charge < -0.3 is 8.98 Å². The summed E-state index contributed by atoms with van der Waals surface area (Å²) in [5.41, 5.74) is 12.0. The molecule has 1 atom stereocenters. The molecule has 0 amide bonds. The largest absolute Gasteiger partial charge is 0.454 e. The van der Waals surface area contributed by atoms with Crippen LogP contribution in [0, 0.1) is 5.92 Å². The first-order valence-electron chi connectivity index (χ1n) is 16.9. The molecule has 232 valence electrons. The van der Waals surface area contributed by atoms with Crippen molar-refractivity contribution in [3.8, 4) is 28.1 Å². The monoisotopic (exact) mass is 629 g/mol. The van der Waals surface area contributed by atoms with Crippen LogP contribution in [0.5, 0.6) is 0 Å². The third-order valence-electron chi connectivity index (χ3n) is 10.1. The number of furan rings is 1. The molecule has 1 aliphatic rings. The van der Waals surface area contributed by atoms with Gasteiger partial charge in [-0.15, -0.1) is 0 Å². The fourth-order valence-corrected chi connectivity index (χ4v) is 7.72. The van der Waals surface area contributed by atoms with Crippen molar-refractivity contribution in [3.05, 3.63) is 163 Å². The number of aromatic nitrogens is 3. The van der Waals surface area contributed by atoms with Crippen molar-refractivity contribution in [3.63, 3.8) is 0 Å². The number of para-hydroxylation sites is 4. The first-order chi connectivity index (χ1) is 24.2. The van der Waals surface area contributed by atoms with E-state index >= 15 is 0 Å². The molecule has 0 spiro atoms. The zero-order chi connectivity index (χ0) is 32.5. The quantitative estimate of drug-likeness (QED) is 0.195. The lowest BCUT2D eigenvalue weighted by Crippen LogP contribution is -2.11. The molecule has 1 unspecified atom stereocenters. The van der Waals surface area contributed by atoms with Crippen molar-refractivity contribution in [2.75, 3.05) is 0 Å². The Morgan fingerprint density at radius 2 is 1.18 bits per heavy atom. The minimum Gasteiger partial charge on any atom is -0.454 e. The summed E-state index contributed by atoms with van der Waals surface area (Å²) in [7, 11) is 0. The molecule has 0 saturated carbocycles. The maximum Gasteiger partial charge on any atom is 0.159 e. The minimum atomic E-state index is 0.208. The van der Waals surface area contributed by atoms with Gasteiger partial charge in [0.05, 0.1) is 27.9 Å². The van der Waals surface area contributed by atoms with Crippen molar-refractivity contribution in [2.24, 2.45) is 5.92 Å². The molecule has 0 fully saturated rings. The van der Waals surface area contributed by atoms with E-state index in [9.17, 15) is 0 Å². The molecule has 49 heavy (non-hydrogen) atoms. The number of rotatable bonds is 4. The molecule has 4 heteroatoms. The van der Waals surface area contributed by atoms with Crippen LogP contribution in [0.1, 0.15) is 24.1 Å². The van der Waals surface area contributed by atoms with Crippen LogP contribution in [-0.4, -0.2) is 14.5 Å². The lowest BCUT2D eigenvalue weighted by molar-refractivity contribution is 0.585. The summed E-state index contributed by atoms with van der Waals surface area (Å²) >= 11 is 0. The molecule has 3 aromatic heterocycles. The van der Waals surface area contributed by atoms with Crippen molar-refractivity contribution in [1.82, 2.24) is 14.5 Å². The van der Waals surface area contributed by atoms with Gasteiger partial charge in [0.2, 0.25) is 0 Å². The summed E-state index contributed by atoms with van der Waals surface area (Å²) < 4.78 is 9.19. The van der Waals surface area contributed by atoms with Crippen molar-refractivity contribution in [1.29, 1.82) is 0 Å². The van der Waals surface area contributed by atoms with Gasteiger partial charge in [0, 0.05) is 38.2 Å². The van der Waals surface area contributed by atoms with Crippen LogP contribution in [0.3, 0.4) is 0 Å². The van der Waals surface area contributed by atoms with E-state index in [-0.39, 0.29) is 5.92 Å². The normalized spacial score (nSPS) is 14.5. The molecule has 0 N–H and O–H groups in total. The summed E-state index contributed by atoms with van der Waals surface area (Å²) in [5, 5.41) is 4.68. The Kier molecular flexibility index (Phi) is 6.18. The third kappa shape index (κ3) is 4.38. The van der Waals surface area contributed by atoms with Gasteiger partial charge in [-0.2, -0.15) is 0 Å². The van der Waals surface area contributed by atoms with E-state index in [1.165, 1.54) is 38.5 Å². The fourth-order valence-electron chi connectivity index (χ4n) is 7.72. The van der Waals surface area contributed by atoms with Crippen LogP contribution in [0.15, 0.2) is 150 Å². The van der Waals surface area contributed by atoms with Gasteiger partial charge in [0.1, 0.15) is 5.76 Å². The maximum atomic E-state index is 6.85. The van der Waals surface area contributed by atoms with E-state index < -0.39 is 0 Å². The number of hydrogen-bond donors (Lipinski definition) is 0. The average molecular weight is 630 g/mol. The van der Waals surface area contributed by atoms with Crippen molar-refractivity contribution < 1.29 is 4.42 Å². The maximum absolute atomic E-state index is 6.85. The SMILES string of the molecule is CC1Cc2c(oc3c(-n4c5ccccc5c5ccccc54)cccc23)C=C1c1nc(-c2ccc(-c3ccccc3)cc2)c2ccccc2n1. The Morgan fingerprint density at radius 3 is 1.94 bits per heavy atom. The highest BCUT2D eigenvalue weighted by Crippen LogP contribution is 2.43. The summed E-state index contributed by atoms with van der Waals surface area (Å²) in [6.45, 7) is 2.28. The van der Waals surface area contributed by atoms with Gasteiger partial charge in [-0.1, -0.05) is 128 Å². The van der Waals surface area contributed by atoms with Crippen LogP contribution in [0.4, 0.5) is 0 Å². The Morgan fingerprint density at radius 1 is 0.571 bits per heavy atom. The smallest absolute Gasteiger partial charge is 0.159 e. The standard InChI is InChI=1S/C45H31N3O/c1-28-26-37-34-17-11-21-41(48-39-19-9-6-14-32(39)33-15-7-10-20-40(33)48)44(34)49-42(37)27-36(28)45-46-38-18-8-5-16-35(38)43(47-45)31-24-22-30(23-25-31)29-12-3-2-4-13-29/h2-25,27-28H,26H2,1H3. The molecule has 10 rings (SSSR count). The lowest BCUT2D eigenvalue weighted by Gasteiger charge is -2.20. The van der Waals surface area contributed by atoms with E-state index in [1.807, 2.05) is 12.1 Å². The molecule has 6 aromatic carbocycles. The predicted molar refractivity (Wildman–Crippen MR) is 202 cm³/mol. The van der Waals surface area contributed by atoms with Crippen LogP contribution in [0.25, 0.3) is 83.4 Å². The first kappa shape index (κ1) is 27.8. The fraction of sp³-hybridized carbons (Fsp3) is 0.0667. The van der Waals surface area contributed by atoms with Gasteiger partial charge >= 0.3 is 0 Å². The number of nitrogens with zero attached hydrogens (tertiary/aromatic N) is 3. The molecule has 1 aliphatic carbocycles. The molecule has 9 aromatic rings. The number of benzene rings is 6. The van der Waals surface area contributed by atoms with Gasteiger partial charge in [-0.3, -0.25) is 0 Å². The van der Waals surface area contributed by atoms with Gasteiger partial charge in [-0.05, 0) is 53.8 Å².